The first kappa shape index (κ1) is 10.5. The molecule has 82 valence electrons. The van der Waals surface area contributed by atoms with Crippen LogP contribution in [0, 0.1) is 0 Å². The van der Waals surface area contributed by atoms with Crippen LogP contribution < -0.4 is 5.32 Å². The molecule has 0 aliphatic carbocycles. The Morgan fingerprint density at radius 1 is 1.19 bits per heavy atom. The van der Waals surface area contributed by atoms with Gasteiger partial charge in [-0.15, -0.1) is 0 Å². The average Bonchev–Trinajstić information content (AvgIpc) is 2.79. The third kappa shape index (κ3) is 2.31. The first-order chi connectivity index (χ1) is 7.79. The van der Waals surface area contributed by atoms with Crippen molar-refractivity contribution in [1.82, 2.24) is 0 Å². The lowest BCUT2D eigenvalue weighted by Crippen LogP contribution is -2.10. The Balaban J connectivity index is 2.09. The van der Waals surface area contributed by atoms with Crippen LogP contribution in [0.5, 0.6) is 0 Å². The van der Waals surface area contributed by atoms with Gasteiger partial charge >= 0.3 is 0 Å². The van der Waals surface area contributed by atoms with Crippen molar-refractivity contribution in [3.63, 3.8) is 0 Å². The summed E-state index contributed by atoms with van der Waals surface area (Å²) in [6.07, 6.45) is 0.790. The van der Waals surface area contributed by atoms with E-state index in [-0.39, 0.29) is 5.91 Å². The number of nitrogens with one attached hydrogen (secondary N) is 1. The lowest BCUT2D eigenvalue weighted by Gasteiger charge is -2.01. The second-order valence-electron chi connectivity index (χ2n) is 3.44. The molecule has 0 fully saturated rings. The quantitative estimate of drug-likeness (QED) is 0.854. The van der Waals surface area contributed by atoms with E-state index in [1.54, 1.807) is 6.07 Å². The van der Waals surface area contributed by atoms with Crippen LogP contribution in [-0.2, 0) is 6.42 Å². The van der Waals surface area contributed by atoms with Gasteiger partial charge in [-0.2, -0.15) is 0 Å². The number of para-hydroxylation sites is 1. The molecule has 0 unspecified atom stereocenters. The van der Waals surface area contributed by atoms with E-state index in [9.17, 15) is 4.79 Å². The molecule has 2 aromatic rings. The van der Waals surface area contributed by atoms with Gasteiger partial charge in [0.1, 0.15) is 5.76 Å². The Morgan fingerprint density at radius 2 is 1.94 bits per heavy atom. The molecule has 0 bridgehead atoms. The molecule has 2 rings (SSSR count). The summed E-state index contributed by atoms with van der Waals surface area (Å²) < 4.78 is 5.35. The summed E-state index contributed by atoms with van der Waals surface area (Å²) in [5.41, 5.74) is 0.766. The van der Waals surface area contributed by atoms with Crippen LogP contribution >= 0.6 is 0 Å². The molecule has 3 nitrogen and oxygen atoms in total. The van der Waals surface area contributed by atoms with E-state index in [1.807, 2.05) is 43.3 Å². The SMILES string of the molecule is CCc1ccc(C(=O)Nc2ccccc2)o1. The number of carbonyl (C=O) groups excluding carboxylic acids is 1. The van der Waals surface area contributed by atoms with E-state index in [1.165, 1.54) is 0 Å². The smallest absolute Gasteiger partial charge is 0.291 e. The van der Waals surface area contributed by atoms with Crippen LogP contribution in [0.3, 0.4) is 0 Å². The van der Waals surface area contributed by atoms with Crippen molar-refractivity contribution in [1.29, 1.82) is 0 Å². The summed E-state index contributed by atoms with van der Waals surface area (Å²) in [6, 6.07) is 12.8. The molecule has 0 atom stereocenters. The number of carbonyl (C=O) groups is 1. The third-order valence-corrected chi connectivity index (χ3v) is 2.27. The highest BCUT2D eigenvalue weighted by atomic mass is 16.3. The van der Waals surface area contributed by atoms with Gasteiger partial charge in [-0.1, -0.05) is 25.1 Å². The Labute approximate surface area is 94.1 Å². The lowest BCUT2D eigenvalue weighted by molar-refractivity contribution is 0.0995. The zero-order valence-electron chi connectivity index (χ0n) is 9.07. The largest absolute Gasteiger partial charge is 0.456 e. The van der Waals surface area contributed by atoms with Gasteiger partial charge in [-0.3, -0.25) is 4.79 Å². The molecule has 1 heterocycles. The Morgan fingerprint density at radius 3 is 2.56 bits per heavy atom. The van der Waals surface area contributed by atoms with Crippen molar-refractivity contribution in [2.45, 2.75) is 13.3 Å². The van der Waals surface area contributed by atoms with Gasteiger partial charge in [-0.25, -0.2) is 0 Å². The summed E-state index contributed by atoms with van der Waals surface area (Å²) in [6.45, 7) is 1.98. The summed E-state index contributed by atoms with van der Waals surface area (Å²) >= 11 is 0. The van der Waals surface area contributed by atoms with Gasteiger partial charge < -0.3 is 9.73 Å². The van der Waals surface area contributed by atoms with Crippen LogP contribution in [0.2, 0.25) is 0 Å². The highest BCUT2D eigenvalue weighted by molar-refractivity contribution is 6.02. The molecule has 0 radical (unpaired) electrons. The van der Waals surface area contributed by atoms with E-state index in [2.05, 4.69) is 5.32 Å². The Bertz CT molecular complexity index is 474. The summed E-state index contributed by atoms with van der Waals surface area (Å²) in [4.78, 5) is 11.7. The summed E-state index contributed by atoms with van der Waals surface area (Å²) in [5.74, 6) is 0.949. The molecule has 1 amide bonds. The molecule has 1 aromatic carbocycles. The maximum Gasteiger partial charge on any atom is 0.291 e. The van der Waals surface area contributed by atoms with Crippen molar-refractivity contribution in [3.8, 4) is 0 Å². The summed E-state index contributed by atoms with van der Waals surface area (Å²) in [7, 11) is 0. The predicted molar refractivity (Wildman–Crippen MR) is 62.5 cm³/mol. The molecular weight excluding hydrogens is 202 g/mol. The Hall–Kier alpha value is -2.03. The minimum Gasteiger partial charge on any atom is -0.456 e. The molecule has 16 heavy (non-hydrogen) atoms. The number of hydrogen-bond donors (Lipinski definition) is 1. The van der Waals surface area contributed by atoms with E-state index in [0.29, 0.717) is 5.76 Å². The van der Waals surface area contributed by atoms with E-state index in [0.717, 1.165) is 17.9 Å². The molecule has 3 heteroatoms. The van der Waals surface area contributed by atoms with Gasteiger partial charge in [0.2, 0.25) is 0 Å². The van der Waals surface area contributed by atoms with Crippen molar-refractivity contribution < 1.29 is 9.21 Å². The fraction of sp³-hybridized carbons (Fsp3) is 0.154. The van der Waals surface area contributed by atoms with Crippen molar-refractivity contribution >= 4 is 11.6 Å². The fourth-order valence-corrected chi connectivity index (χ4v) is 1.40. The number of anilines is 1. The maximum absolute atomic E-state index is 11.7. The van der Waals surface area contributed by atoms with Gasteiger partial charge in [0.25, 0.3) is 5.91 Å². The van der Waals surface area contributed by atoms with Crippen LogP contribution in [-0.4, -0.2) is 5.91 Å². The first-order valence-electron chi connectivity index (χ1n) is 5.24. The lowest BCUT2D eigenvalue weighted by atomic mass is 10.3. The molecule has 0 aliphatic heterocycles. The molecule has 0 spiro atoms. The highest BCUT2D eigenvalue weighted by Gasteiger charge is 2.10. The maximum atomic E-state index is 11.7. The van der Waals surface area contributed by atoms with E-state index in [4.69, 9.17) is 4.42 Å². The fourth-order valence-electron chi connectivity index (χ4n) is 1.40. The van der Waals surface area contributed by atoms with Crippen LogP contribution in [0.15, 0.2) is 46.9 Å². The van der Waals surface area contributed by atoms with Gasteiger partial charge in [0.15, 0.2) is 5.76 Å². The molecular formula is C13H13NO2. The van der Waals surface area contributed by atoms with Crippen LogP contribution in [0.4, 0.5) is 5.69 Å². The zero-order valence-corrected chi connectivity index (χ0v) is 9.07. The summed E-state index contributed by atoms with van der Waals surface area (Å²) in [5, 5.41) is 2.76. The normalized spacial score (nSPS) is 10.1. The molecule has 0 saturated carbocycles. The second kappa shape index (κ2) is 4.66. The van der Waals surface area contributed by atoms with Crippen molar-refractivity contribution in [2.75, 3.05) is 5.32 Å². The number of amides is 1. The van der Waals surface area contributed by atoms with Gasteiger partial charge in [0, 0.05) is 12.1 Å². The standard InChI is InChI=1S/C13H13NO2/c1-2-11-8-9-12(16-11)13(15)14-10-6-4-3-5-7-10/h3-9H,2H2,1H3,(H,14,15). The number of rotatable bonds is 3. The number of aryl methyl sites for hydroxylation is 1. The van der Waals surface area contributed by atoms with Crippen LogP contribution in [0.1, 0.15) is 23.2 Å². The molecule has 0 aliphatic rings. The zero-order chi connectivity index (χ0) is 11.4. The number of hydrogen-bond acceptors (Lipinski definition) is 2. The monoisotopic (exact) mass is 215 g/mol. The average molecular weight is 215 g/mol. The predicted octanol–water partition coefficient (Wildman–Crippen LogP) is 3.09. The Kier molecular flexibility index (Phi) is 3.05. The molecule has 0 saturated heterocycles. The van der Waals surface area contributed by atoms with Gasteiger partial charge in [0.05, 0.1) is 0 Å². The number of furan rings is 1. The molecule has 1 N–H and O–H groups in total. The second-order valence-corrected chi connectivity index (χ2v) is 3.44. The van der Waals surface area contributed by atoms with Gasteiger partial charge in [-0.05, 0) is 24.3 Å². The van der Waals surface area contributed by atoms with E-state index >= 15 is 0 Å². The number of benzene rings is 1. The minimum absolute atomic E-state index is 0.217. The van der Waals surface area contributed by atoms with Crippen molar-refractivity contribution in [3.05, 3.63) is 54.0 Å². The highest BCUT2D eigenvalue weighted by Crippen LogP contribution is 2.12. The first-order valence-corrected chi connectivity index (χ1v) is 5.24. The van der Waals surface area contributed by atoms with Crippen LogP contribution in [0.25, 0.3) is 0 Å². The topological polar surface area (TPSA) is 42.2 Å². The minimum atomic E-state index is -0.217. The van der Waals surface area contributed by atoms with E-state index < -0.39 is 0 Å². The van der Waals surface area contributed by atoms with Crippen molar-refractivity contribution in [2.24, 2.45) is 0 Å². The molecule has 1 aromatic heterocycles. The third-order valence-electron chi connectivity index (χ3n) is 2.27.